The fraction of sp³-hybridized carbons (Fsp3) is 0.200. The lowest BCUT2D eigenvalue weighted by atomic mass is 10.0. The molecule has 0 fully saturated rings. The van der Waals surface area contributed by atoms with Crippen molar-refractivity contribution < 1.29 is 9.94 Å². The summed E-state index contributed by atoms with van der Waals surface area (Å²) < 4.78 is 0.931. The van der Waals surface area contributed by atoms with Gasteiger partial charge in [-0.05, 0) is 32.3 Å². The van der Waals surface area contributed by atoms with Crippen LogP contribution in [0.5, 0.6) is 5.88 Å². The zero-order chi connectivity index (χ0) is 19.0. The average molecular weight is 427 g/mol. The van der Waals surface area contributed by atoms with Crippen molar-refractivity contribution in [1.29, 1.82) is 0 Å². The first-order chi connectivity index (χ1) is 13.0. The van der Waals surface area contributed by atoms with E-state index >= 15 is 0 Å². The number of nitrogens with one attached hydrogen (secondary N) is 1. The molecule has 2 N–H and O–H groups in total. The highest BCUT2D eigenvalue weighted by molar-refractivity contribution is 9.10. The van der Waals surface area contributed by atoms with E-state index in [1.165, 1.54) is 0 Å². The van der Waals surface area contributed by atoms with Gasteiger partial charge in [0.15, 0.2) is 5.88 Å². The average Bonchev–Trinajstić information content (AvgIpc) is 3.14. The van der Waals surface area contributed by atoms with Crippen LogP contribution in [0.2, 0.25) is 0 Å². The van der Waals surface area contributed by atoms with Crippen LogP contribution in [0.1, 0.15) is 11.1 Å². The second-order valence-electron chi connectivity index (χ2n) is 6.59. The molecule has 0 bridgehead atoms. The summed E-state index contributed by atoms with van der Waals surface area (Å²) in [6.07, 6.45) is 0. The molecule has 1 aliphatic heterocycles. The van der Waals surface area contributed by atoms with Gasteiger partial charge in [0.05, 0.1) is 16.8 Å². The molecule has 0 saturated heterocycles. The summed E-state index contributed by atoms with van der Waals surface area (Å²) in [5.41, 5.74) is 4.39. The van der Waals surface area contributed by atoms with E-state index < -0.39 is 0 Å². The molecule has 4 rings (SSSR count). The Kier molecular flexibility index (Phi) is 4.72. The minimum atomic E-state index is 0.0654. The maximum atomic E-state index is 10.6. The van der Waals surface area contributed by atoms with Crippen molar-refractivity contribution in [2.75, 3.05) is 27.2 Å². The minimum absolute atomic E-state index is 0.0654. The Bertz CT molecular complexity index is 1070. The molecule has 1 aliphatic rings. The van der Waals surface area contributed by atoms with Crippen molar-refractivity contribution >= 4 is 43.9 Å². The quantitative estimate of drug-likeness (QED) is 0.477. The highest BCUT2D eigenvalue weighted by atomic mass is 79.9. The fourth-order valence-electron chi connectivity index (χ4n) is 3.07. The van der Waals surface area contributed by atoms with Gasteiger partial charge in [0, 0.05) is 22.0 Å². The van der Waals surface area contributed by atoms with Gasteiger partial charge in [0.2, 0.25) is 0 Å². The lowest BCUT2D eigenvalue weighted by Gasteiger charge is -2.09. The monoisotopic (exact) mass is 426 g/mol. The SMILES string of the molecule is CN(C)CCO/N=C1/C(c2c(O)[nH]c3cc(Br)ccc23)=Nc2ccccc21. The number of nitrogens with zero attached hydrogens (tertiary/aromatic N) is 3. The topological polar surface area (TPSA) is 73.2 Å². The van der Waals surface area contributed by atoms with Crippen molar-refractivity contribution in [2.45, 2.75) is 0 Å². The number of oxime groups is 1. The normalized spacial score (nSPS) is 14.8. The molecule has 3 aromatic rings. The molecule has 0 atom stereocenters. The summed E-state index contributed by atoms with van der Waals surface area (Å²) in [6, 6.07) is 13.6. The molecule has 0 radical (unpaired) electrons. The number of aromatic hydroxyl groups is 1. The van der Waals surface area contributed by atoms with E-state index in [9.17, 15) is 5.11 Å². The van der Waals surface area contributed by atoms with Gasteiger partial charge in [-0.1, -0.05) is 45.4 Å². The Labute approximate surface area is 165 Å². The first-order valence-corrected chi connectivity index (χ1v) is 9.37. The van der Waals surface area contributed by atoms with Gasteiger partial charge in [0.25, 0.3) is 0 Å². The van der Waals surface area contributed by atoms with Gasteiger partial charge >= 0.3 is 0 Å². The van der Waals surface area contributed by atoms with E-state index in [4.69, 9.17) is 9.83 Å². The van der Waals surface area contributed by atoms with Gasteiger partial charge in [-0.25, -0.2) is 4.99 Å². The van der Waals surface area contributed by atoms with Gasteiger partial charge in [-0.3, -0.25) is 0 Å². The van der Waals surface area contributed by atoms with Crippen molar-refractivity contribution in [3.05, 3.63) is 58.1 Å². The highest BCUT2D eigenvalue weighted by Crippen LogP contribution is 2.36. The van der Waals surface area contributed by atoms with E-state index in [1.807, 2.05) is 61.5 Å². The zero-order valence-electron chi connectivity index (χ0n) is 15.0. The Morgan fingerprint density at radius 2 is 2.04 bits per heavy atom. The van der Waals surface area contributed by atoms with E-state index in [-0.39, 0.29) is 5.88 Å². The second kappa shape index (κ2) is 7.17. The molecule has 0 unspecified atom stereocenters. The third-order valence-corrected chi connectivity index (χ3v) is 4.87. The highest BCUT2D eigenvalue weighted by Gasteiger charge is 2.29. The third kappa shape index (κ3) is 3.36. The second-order valence-corrected chi connectivity index (χ2v) is 7.51. The molecule has 2 aromatic carbocycles. The number of hydrogen-bond acceptors (Lipinski definition) is 5. The maximum Gasteiger partial charge on any atom is 0.199 e. The number of aromatic amines is 1. The minimum Gasteiger partial charge on any atom is -0.494 e. The third-order valence-electron chi connectivity index (χ3n) is 4.38. The van der Waals surface area contributed by atoms with Crippen molar-refractivity contribution in [3.8, 4) is 5.88 Å². The van der Waals surface area contributed by atoms with Crippen LogP contribution in [0.3, 0.4) is 0 Å². The van der Waals surface area contributed by atoms with Crippen molar-refractivity contribution in [2.24, 2.45) is 10.1 Å². The lowest BCUT2D eigenvalue weighted by molar-refractivity contribution is 0.126. The molecule has 0 spiro atoms. The lowest BCUT2D eigenvalue weighted by Crippen LogP contribution is -2.18. The number of hydrogen-bond donors (Lipinski definition) is 2. The number of rotatable bonds is 5. The predicted octanol–water partition coefficient (Wildman–Crippen LogP) is 4.05. The molecule has 0 amide bonds. The number of para-hydroxylation sites is 1. The molecular weight excluding hydrogens is 408 g/mol. The van der Waals surface area contributed by atoms with Crippen LogP contribution in [0.4, 0.5) is 5.69 Å². The summed E-state index contributed by atoms with van der Waals surface area (Å²) in [6.45, 7) is 1.23. The fourth-order valence-corrected chi connectivity index (χ4v) is 3.43. The van der Waals surface area contributed by atoms with Crippen LogP contribution in [0.15, 0.2) is 57.1 Å². The first kappa shape index (κ1) is 17.8. The summed E-state index contributed by atoms with van der Waals surface area (Å²) in [4.78, 5) is 15.3. The van der Waals surface area contributed by atoms with Crippen LogP contribution < -0.4 is 0 Å². The van der Waals surface area contributed by atoms with E-state index in [0.717, 1.165) is 33.2 Å². The smallest absolute Gasteiger partial charge is 0.199 e. The molecule has 7 heteroatoms. The van der Waals surface area contributed by atoms with Crippen LogP contribution in [0, 0.1) is 0 Å². The molecule has 1 aromatic heterocycles. The number of H-pyrrole nitrogens is 1. The van der Waals surface area contributed by atoms with Gasteiger partial charge < -0.3 is 19.8 Å². The van der Waals surface area contributed by atoms with Crippen LogP contribution in [-0.4, -0.2) is 53.7 Å². The summed E-state index contributed by atoms with van der Waals surface area (Å²) in [5.74, 6) is 0.0654. The number of aliphatic imine (C=N–C) groups is 1. The van der Waals surface area contributed by atoms with Gasteiger partial charge in [-0.2, -0.15) is 0 Å². The van der Waals surface area contributed by atoms with Gasteiger partial charge in [-0.15, -0.1) is 0 Å². The summed E-state index contributed by atoms with van der Waals surface area (Å²) in [7, 11) is 3.97. The summed E-state index contributed by atoms with van der Waals surface area (Å²) in [5, 5.41) is 15.8. The van der Waals surface area contributed by atoms with Crippen LogP contribution >= 0.6 is 15.9 Å². The first-order valence-electron chi connectivity index (χ1n) is 8.58. The Morgan fingerprint density at radius 1 is 1.22 bits per heavy atom. The van der Waals surface area contributed by atoms with Crippen molar-refractivity contribution in [3.63, 3.8) is 0 Å². The maximum absolute atomic E-state index is 10.6. The molecule has 0 saturated carbocycles. The Hall–Kier alpha value is -2.64. The van der Waals surface area contributed by atoms with Crippen LogP contribution in [-0.2, 0) is 4.84 Å². The van der Waals surface area contributed by atoms with Gasteiger partial charge in [0.1, 0.15) is 18.0 Å². The van der Waals surface area contributed by atoms with E-state index in [1.54, 1.807) is 0 Å². The summed E-state index contributed by atoms with van der Waals surface area (Å²) >= 11 is 3.46. The number of halogens is 1. The molecular formula is C20H19BrN4O2. The largest absolute Gasteiger partial charge is 0.494 e. The van der Waals surface area contributed by atoms with Crippen molar-refractivity contribution in [1.82, 2.24) is 9.88 Å². The molecule has 6 nitrogen and oxygen atoms in total. The molecule has 138 valence electrons. The molecule has 0 aliphatic carbocycles. The predicted molar refractivity (Wildman–Crippen MR) is 111 cm³/mol. The van der Waals surface area contributed by atoms with Crippen LogP contribution in [0.25, 0.3) is 10.9 Å². The number of fused-ring (bicyclic) bond motifs is 2. The number of aromatic nitrogens is 1. The zero-order valence-corrected chi connectivity index (χ0v) is 16.6. The Balaban J connectivity index is 1.79. The number of likely N-dealkylation sites (N-methyl/N-ethyl adjacent to an activating group) is 1. The number of benzene rings is 2. The van der Waals surface area contributed by atoms with E-state index in [2.05, 4.69) is 26.1 Å². The van der Waals surface area contributed by atoms with E-state index in [0.29, 0.717) is 23.6 Å². The molecule has 27 heavy (non-hydrogen) atoms. The standard InChI is InChI=1S/C20H19BrN4O2/c1-25(2)9-10-27-24-18-14-5-3-4-6-15(14)22-19(18)17-13-8-7-12(21)11-16(13)23-20(17)26/h3-8,11,23,26H,9-10H2,1-2H3/b24-18+. The Morgan fingerprint density at radius 3 is 2.85 bits per heavy atom. The molecule has 2 heterocycles.